The van der Waals surface area contributed by atoms with Gasteiger partial charge in [-0.15, -0.1) is 0 Å². The van der Waals surface area contributed by atoms with Crippen molar-refractivity contribution >= 4 is 13.1 Å². The topological polar surface area (TPSA) is 15.6 Å². The van der Waals surface area contributed by atoms with Gasteiger partial charge in [0, 0.05) is 12.4 Å². The Kier molecular flexibility index (Phi) is 5.26. The van der Waals surface area contributed by atoms with Crippen LogP contribution in [0.4, 0.5) is 0 Å². The van der Waals surface area contributed by atoms with Crippen molar-refractivity contribution in [1.82, 2.24) is 4.92 Å². The molecule has 0 bridgehead atoms. The zero-order valence-corrected chi connectivity index (χ0v) is 7.33. The summed E-state index contributed by atoms with van der Waals surface area (Å²) in [6.45, 7) is 11.8. The fraction of sp³-hybridized carbons (Fsp3) is 0.375. The Balaban J connectivity index is 4.03. The Bertz CT molecular complexity index is 154. The first-order valence-corrected chi connectivity index (χ1v) is 3.82. The molecule has 0 saturated carbocycles. The highest BCUT2D eigenvalue weighted by atomic mass is 15.4. The Morgan fingerprint density at radius 3 is 2.55 bits per heavy atom. The molecule has 0 aliphatic rings. The fourth-order valence-electron chi connectivity index (χ4n) is 0.652. The molecule has 0 aromatic rings. The fourth-order valence-corrected chi connectivity index (χ4v) is 0.652. The molecular formula is C8H15BN2. The van der Waals surface area contributed by atoms with Crippen LogP contribution in [0.3, 0.4) is 0 Å². The van der Waals surface area contributed by atoms with Crippen molar-refractivity contribution < 1.29 is 0 Å². The van der Waals surface area contributed by atoms with E-state index in [1.807, 2.05) is 4.92 Å². The van der Waals surface area contributed by atoms with Crippen molar-refractivity contribution in [2.75, 3.05) is 0 Å². The lowest BCUT2D eigenvalue weighted by molar-refractivity contribution is 0.625. The third-order valence-electron chi connectivity index (χ3n) is 1.53. The van der Waals surface area contributed by atoms with Crippen LogP contribution in [-0.2, 0) is 0 Å². The van der Waals surface area contributed by atoms with Gasteiger partial charge in [0.05, 0.1) is 0 Å². The first-order valence-electron chi connectivity index (χ1n) is 3.82. The standard InChI is InChI=1S/C8H15BN2/c1-5-8-10-11(7-3)9(4)6-2/h5,7-8H,1,3,6H2,2,4H3/b10-8-. The number of rotatable bonds is 5. The Morgan fingerprint density at radius 1 is 1.55 bits per heavy atom. The van der Waals surface area contributed by atoms with E-state index in [-0.39, 0.29) is 0 Å². The van der Waals surface area contributed by atoms with E-state index in [1.165, 1.54) is 0 Å². The molecule has 0 rings (SSSR count). The molecule has 2 nitrogen and oxygen atoms in total. The van der Waals surface area contributed by atoms with E-state index < -0.39 is 0 Å². The minimum atomic E-state index is 0.406. The van der Waals surface area contributed by atoms with Gasteiger partial charge >= 0.3 is 0 Å². The van der Waals surface area contributed by atoms with Crippen LogP contribution in [-0.4, -0.2) is 18.0 Å². The molecule has 11 heavy (non-hydrogen) atoms. The van der Waals surface area contributed by atoms with Crippen molar-refractivity contribution in [3.63, 3.8) is 0 Å². The summed E-state index contributed by atoms with van der Waals surface area (Å²) >= 11 is 0. The number of nitrogens with zero attached hydrogens (tertiary/aromatic N) is 2. The average Bonchev–Trinajstić information content (AvgIpc) is 2.05. The smallest absolute Gasteiger partial charge is 0.280 e. The summed E-state index contributed by atoms with van der Waals surface area (Å²) in [5.74, 6) is 0. The molecule has 0 spiro atoms. The molecule has 60 valence electrons. The van der Waals surface area contributed by atoms with Crippen LogP contribution in [0.25, 0.3) is 0 Å². The van der Waals surface area contributed by atoms with E-state index in [0.717, 1.165) is 6.32 Å². The molecule has 0 amide bonds. The quantitative estimate of drug-likeness (QED) is 0.333. The number of hydrogen-bond donors (Lipinski definition) is 0. The van der Waals surface area contributed by atoms with Crippen molar-refractivity contribution in [3.8, 4) is 0 Å². The molecule has 0 radical (unpaired) electrons. The first kappa shape index (κ1) is 10.0. The third kappa shape index (κ3) is 3.66. The molecule has 0 N–H and O–H groups in total. The number of hydrazone groups is 1. The average molecular weight is 150 g/mol. The van der Waals surface area contributed by atoms with Crippen LogP contribution in [0.15, 0.2) is 30.5 Å². The lowest BCUT2D eigenvalue weighted by Gasteiger charge is -2.17. The van der Waals surface area contributed by atoms with Crippen molar-refractivity contribution in [1.29, 1.82) is 0 Å². The van der Waals surface area contributed by atoms with E-state index in [4.69, 9.17) is 0 Å². The van der Waals surface area contributed by atoms with Gasteiger partial charge in [-0.05, 0) is 6.08 Å². The maximum Gasteiger partial charge on any atom is 0.280 e. The van der Waals surface area contributed by atoms with E-state index in [2.05, 4.69) is 32.0 Å². The predicted molar refractivity (Wildman–Crippen MR) is 52.8 cm³/mol. The summed E-state index contributed by atoms with van der Waals surface area (Å²) in [5.41, 5.74) is 0. The van der Waals surface area contributed by atoms with Crippen LogP contribution in [0.2, 0.25) is 13.1 Å². The molecule has 0 aliphatic carbocycles. The molecule has 0 saturated heterocycles. The van der Waals surface area contributed by atoms with E-state index in [1.54, 1.807) is 18.5 Å². The molecule has 0 aromatic heterocycles. The van der Waals surface area contributed by atoms with E-state index in [0.29, 0.717) is 6.85 Å². The van der Waals surface area contributed by atoms with E-state index >= 15 is 0 Å². The van der Waals surface area contributed by atoms with Gasteiger partial charge in [0.25, 0.3) is 6.85 Å². The molecular weight excluding hydrogens is 135 g/mol. The van der Waals surface area contributed by atoms with Gasteiger partial charge in [-0.2, -0.15) is 5.10 Å². The maximum atomic E-state index is 4.10. The van der Waals surface area contributed by atoms with Crippen molar-refractivity contribution in [2.45, 2.75) is 20.1 Å². The minimum Gasteiger partial charge on any atom is -0.319 e. The monoisotopic (exact) mass is 150 g/mol. The van der Waals surface area contributed by atoms with Crippen molar-refractivity contribution in [3.05, 3.63) is 25.4 Å². The van der Waals surface area contributed by atoms with Gasteiger partial charge < -0.3 is 4.92 Å². The number of hydrogen-bond acceptors (Lipinski definition) is 2. The zero-order valence-electron chi connectivity index (χ0n) is 7.33. The summed E-state index contributed by atoms with van der Waals surface area (Å²) in [5, 5.41) is 4.10. The van der Waals surface area contributed by atoms with Gasteiger partial charge in [0.15, 0.2) is 0 Å². The Morgan fingerprint density at radius 2 is 2.18 bits per heavy atom. The summed E-state index contributed by atoms with van der Waals surface area (Å²) in [6, 6.07) is 0. The largest absolute Gasteiger partial charge is 0.319 e. The molecule has 0 unspecified atom stereocenters. The van der Waals surface area contributed by atoms with Crippen molar-refractivity contribution in [2.24, 2.45) is 5.10 Å². The lowest BCUT2D eigenvalue weighted by atomic mass is 9.62. The van der Waals surface area contributed by atoms with Gasteiger partial charge in [0.1, 0.15) is 0 Å². The maximum absolute atomic E-state index is 4.10. The second-order valence-electron chi connectivity index (χ2n) is 2.32. The summed E-state index contributed by atoms with van der Waals surface area (Å²) in [6.07, 6.45) is 6.08. The highest BCUT2D eigenvalue weighted by Crippen LogP contribution is 2.00. The van der Waals surface area contributed by atoms with Gasteiger partial charge in [-0.3, -0.25) is 0 Å². The third-order valence-corrected chi connectivity index (χ3v) is 1.53. The lowest BCUT2D eigenvalue weighted by Crippen LogP contribution is -2.26. The Labute approximate surface area is 69.4 Å². The van der Waals surface area contributed by atoms with E-state index in [9.17, 15) is 0 Å². The highest BCUT2D eigenvalue weighted by molar-refractivity contribution is 6.54. The van der Waals surface area contributed by atoms with Crippen LogP contribution in [0.1, 0.15) is 6.92 Å². The van der Waals surface area contributed by atoms with Gasteiger partial charge in [-0.25, -0.2) is 0 Å². The highest BCUT2D eigenvalue weighted by Gasteiger charge is 2.09. The predicted octanol–water partition coefficient (Wildman–Crippen LogP) is 2.24. The van der Waals surface area contributed by atoms with Crippen LogP contribution < -0.4 is 0 Å². The van der Waals surface area contributed by atoms with Gasteiger partial charge in [-0.1, -0.05) is 33.2 Å². The summed E-state index contributed by atoms with van der Waals surface area (Å²) < 4.78 is 0. The van der Waals surface area contributed by atoms with Gasteiger partial charge in [0.2, 0.25) is 0 Å². The normalized spacial score (nSPS) is 9.64. The molecule has 0 aromatic carbocycles. The van der Waals surface area contributed by atoms with Crippen LogP contribution in [0, 0.1) is 0 Å². The Hall–Kier alpha value is -0.985. The molecule has 0 atom stereocenters. The minimum absolute atomic E-state index is 0.406. The molecule has 3 heteroatoms. The second kappa shape index (κ2) is 5.77. The molecule has 0 aliphatic heterocycles. The zero-order chi connectivity index (χ0) is 8.69. The summed E-state index contributed by atoms with van der Waals surface area (Å²) in [4.78, 5) is 1.82. The molecule has 0 fully saturated rings. The number of allylic oxidation sites excluding steroid dienone is 1. The van der Waals surface area contributed by atoms with Crippen LogP contribution in [0.5, 0.6) is 0 Å². The first-order chi connectivity index (χ1) is 5.26. The SMILES string of the molecule is C=C/C=N\N(C=C)B(C)CC. The van der Waals surface area contributed by atoms with Crippen LogP contribution >= 0.6 is 0 Å². The second-order valence-corrected chi connectivity index (χ2v) is 2.32. The summed E-state index contributed by atoms with van der Waals surface area (Å²) in [7, 11) is 0. The molecule has 0 heterocycles.